The van der Waals surface area contributed by atoms with Crippen molar-refractivity contribution in [3.8, 4) is 16.9 Å². The minimum atomic E-state index is -4.08. The highest BCUT2D eigenvalue weighted by Gasteiger charge is 2.26. The van der Waals surface area contributed by atoms with Crippen LogP contribution >= 0.6 is 23.2 Å². The number of hydrogen-bond acceptors (Lipinski definition) is 4. The molecule has 0 saturated carbocycles. The number of benzene rings is 3. The third-order valence-electron chi connectivity index (χ3n) is 4.61. The van der Waals surface area contributed by atoms with E-state index in [-0.39, 0.29) is 25.4 Å². The third kappa shape index (κ3) is 3.62. The van der Waals surface area contributed by atoms with Gasteiger partial charge in [0.25, 0.3) is 0 Å². The maximum Gasteiger partial charge on any atom is 0.208 e. The van der Waals surface area contributed by atoms with Gasteiger partial charge in [-0.1, -0.05) is 47.5 Å². The van der Waals surface area contributed by atoms with Crippen molar-refractivity contribution in [1.82, 2.24) is 4.98 Å². The van der Waals surface area contributed by atoms with Crippen molar-refractivity contribution in [2.24, 2.45) is 0 Å². The van der Waals surface area contributed by atoms with Crippen LogP contribution in [-0.2, 0) is 9.84 Å². The fraction of sp³-hybridized carbons (Fsp3) is 0.0455. The number of rotatable bonds is 4. The lowest BCUT2D eigenvalue weighted by molar-refractivity contribution is 0.415. The van der Waals surface area contributed by atoms with Gasteiger partial charge in [-0.05, 0) is 42.0 Å². The number of sulfone groups is 1. The van der Waals surface area contributed by atoms with Gasteiger partial charge in [0.2, 0.25) is 9.84 Å². The first-order valence-electron chi connectivity index (χ1n) is 8.74. The molecule has 152 valence electrons. The third-order valence-corrected chi connectivity index (χ3v) is 6.79. The monoisotopic (exact) mass is 461 g/mol. The van der Waals surface area contributed by atoms with Gasteiger partial charge in [-0.15, -0.1) is 0 Å². The number of fused-ring (bicyclic) bond motifs is 1. The van der Waals surface area contributed by atoms with Gasteiger partial charge < -0.3 is 4.74 Å². The van der Waals surface area contributed by atoms with Crippen molar-refractivity contribution in [1.29, 1.82) is 0 Å². The van der Waals surface area contributed by atoms with Crippen LogP contribution in [0.15, 0.2) is 76.7 Å². The van der Waals surface area contributed by atoms with Gasteiger partial charge in [-0.3, -0.25) is 4.98 Å². The smallest absolute Gasteiger partial charge is 0.208 e. The SMILES string of the molecule is COc1cccc(-c2c(S(=O)(=O)c3cc(Cl)cc(Cl)c3)cnc3c(F)cccc23)c1. The molecule has 1 aromatic heterocycles. The van der Waals surface area contributed by atoms with Crippen LogP contribution in [0, 0.1) is 5.82 Å². The topological polar surface area (TPSA) is 56.3 Å². The molecule has 8 heteroatoms. The van der Waals surface area contributed by atoms with Gasteiger partial charge in [-0.25, -0.2) is 12.8 Å². The number of ether oxygens (including phenoxy) is 1. The number of methoxy groups -OCH3 is 1. The van der Waals surface area contributed by atoms with Gasteiger partial charge in [0.1, 0.15) is 17.1 Å². The van der Waals surface area contributed by atoms with Crippen molar-refractivity contribution < 1.29 is 17.5 Å². The molecule has 0 bridgehead atoms. The van der Waals surface area contributed by atoms with Crippen molar-refractivity contribution in [2.75, 3.05) is 7.11 Å². The molecule has 4 aromatic rings. The quantitative estimate of drug-likeness (QED) is 0.363. The van der Waals surface area contributed by atoms with Crippen LogP contribution in [0.5, 0.6) is 5.75 Å². The molecule has 0 atom stereocenters. The normalized spacial score (nSPS) is 11.6. The molecule has 3 aromatic carbocycles. The van der Waals surface area contributed by atoms with E-state index in [1.54, 1.807) is 30.3 Å². The van der Waals surface area contributed by atoms with Crippen LogP contribution in [0.3, 0.4) is 0 Å². The number of hydrogen-bond donors (Lipinski definition) is 0. The molecule has 0 aliphatic rings. The lowest BCUT2D eigenvalue weighted by Crippen LogP contribution is -2.06. The summed E-state index contributed by atoms with van der Waals surface area (Å²) in [6.45, 7) is 0. The number of aromatic nitrogens is 1. The Bertz CT molecular complexity index is 1370. The van der Waals surface area contributed by atoms with E-state index in [9.17, 15) is 12.8 Å². The first kappa shape index (κ1) is 20.6. The Hall–Kier alpha value is -2.67. The van der Waals surface area contributed by atoms with E-state index in [1.807, 2.05) is 0 Å². The van der Waals surface area contributed by atoms with Crippen LogP contribution in [0.1, 0.15) is 0 Å². The highest BCUT2D eigenvalue weighted by molar-refractivity contribution is 7.91. The second-order valence-electron chi connectivity index (χ2n) is 6.47. The summed E-state index contributed by atoms with van der Waals surface area (Å²) in [5.41, 5.74) is 0.923. The van der Waals surface area contributed by atoms with Gasteiger partial charge >= 0.3 is 0 Å². The molecule has 0 fully saturated rings. The molecule has 4 rings (SSSR count). The van der Waals surface area contributed by atoms with Crippen molar-refractivity contribution in [3.63, 3.8) is 0 Å². The molecule has 4 nitrogen and oxygen atoms in total. The van der Waals surface area contributed by atoms with Crippen molar-refractivity contribution in [2.45, 2.75) is 9.79 Å². The molecule has 0 spiro atoms. The summed E-state index contributed by atoms with van der Waals surface area (Å²) in [5, 5.41) is 0.727. The van der Waals surface area contributed by atoms with Crippen molar-refractivity contribution in [3.05, 3.63) is 82.7 Å². The summed E-state index contributed by atoms with van der Waals surface area (Å²) in [7, 11) is -2.57. The number of para-hydroxylation sites is 1. The molecule has 0 unspecified atom stereocenters. The average molecular weight is 462 g/mol. The predicted molar refractivity (Wildman–Crippen MR) is 116 cm³/mol. The molecular weight excluding hydrogens is 448 g/mol. The summed E-state index contributed by atoms with van der Waals surface area (Å²) in [6.07, 6.45) is 1.16. The molecule has 0 saturated heterocycles. The zero-order chi connectivity index (χ0) is 21.5. The Morgan fingerprint density at radius 2 is 1.67 bits per heavy atom. The van der Waals surface area contributed by atoms with Gasteiger partial charge in [0.15, 0.2) is 0 Å². The van der Waals surface area contributed by atoms with Crippen molar-refractivity contribution >= 4 is 43.9 Å². The van der Waals surface area contributed by atoms with E-state index in [0.29, 0.717) is 22.3 Å². The predicted octanol–water partition coefficient (Wildman–Crippen LogP) is 6.19. The molecule has 0 aliphatic heterocycles. The van der Waals surface area contributed by atoms with Crippen LogP contribution < -0.4 is 4.74 Å². The van der Waals surface area contributed by atoms with E-state index in [4.69, 9.17) is 27.9 Å². The fourth-order valence-electron chi connectivity index (χ4n) is 3.26. The Kier molecular flexibility index (Phi) is 5.40. The van der Waals surface area contributed by atoms with E-state index < -0.39 is 15.7 Å². The zero-order valence-electron chi connectivity index (χ0n) is 15.6. The second kappa shape index (κ2) is 7.87. The van der Waals surface area contributed by atoms with Crippen LogP contribution in [0.25, 0.3) is 22.0 Å². The fourth-order valence-corrected chi connectivity index (χ4v) is 5.42. The first-order valence-corrected chi connectivity index (χ1v) is 11.0. The maximum atomic E-state index is 14.4. The summed E-state index contributed by atoms with van der Waals surface area (Å²) < 4.78 is 46.8. The van der Waals surface area contributed by atoms with E-state index in [1.165, 1.54) is 37.4 Å². The lowest BCUT2D eigenvalue weighted by Gasteiger charge is -2.15. The molecule has 0 radical (unpaired) electrons. The zero-order valence-corrected chi connectivity index (χ0v) is 17.9. The van der Waals surface area contributed by atoms with Crippen LogP contribution in [-0.4, -0.2) is 20.5 Å². The summed E-state index contributed by atoms with van der Waals surface area (Å²) >= 11 is 12.1. The van der Waals surface area contributed by atoms with E-state index in [0.717, 1.165) is 6.20 Å². The van der Waals surface area contributed by atoms with Gasteiger partial charge in [0, 0.05) is 27.2 Å². The van der Waals surface area contributed by atoms with E-state index in [2.05, 4.69) is 4.98 Å². The first-order chi connectivity index (χ1) is 14.3. The Morgan fingerprint density at radius 3 is 2.37 bits per heavy atom. The molecule has 1 heterocycles. The Balaban J connectivity index is 2.10. The molecule has 0 amide bonds. The minimum Gasteiger partial charge on any atom is -0.497 e. The summed E-state index contributed by atoms with van der Waals surface area (Å²) in [5.74, 6) is -0.0191. The summed E-state index contributed by atoms with van der Waals surface area (Å²) in [4.78, 5) is 3.92. The molecular formula is C22H14Cl2FNO3S. The van der Waals surface area contributed by atoms with E-state index >= 15 is 0 Å². The van der Waals surface area contributed by atoms with Crippen LogP contribution in [0.4, 0.5) is 4.39 Å². The molecule has 0 N–H and O–H groups in total. The largest absolute Gasteiger partial charge is 0.497 e. The Labute approximate surface area is 182 Å². The number of pyridine rings is 1. The standard InChI is InChI=1S/C22H14Cl2FNO3S/c1-29-16-5-2-4-13(8-16)21-18-6-3-7-19(25)22(18)26-12-20(21)30(27,28)17-10-14(23)9-15(24)11-17/h2-12H,1H3. The average Bonchev–Trinajstić information content (AvgIpc) is 2.72. The van der Waals surface area contributed by atoms with Crippen LogP contribution in [0.2, 0.25) is 10.0 Å². The number of nitrogens with zero attached hydrogens (tertiary/aromatic N) is 1. The lowest BCUT2D eigenvalue weighted by atomic mass is 10.0. The minimum absolute atomic E-state index is 0.0680. The Morgan fingerprint density at radius 1 is 0.967 bits per heavy atom. The van der Waals surface area contributed by atoms with Gasteiger partial charge in [0.05, 0.1) is 16.9 Å². The highest BCUT2D eigenvalue weighted by atomic mass is 35.5. The van der Waals surface area contributed by atoms with Gasteiger partial charge in [-0.2, -0.15) is 0 Å². The number of halogens is 3. The maximum absolute atomic E-state index is 14.4. The second-order valence-corrected chi connectivity index (χ2v) is 9.26. The summed E-state index contributed by atoms with van der Waals surface area (Å²) in [6, 6.07) is 15.4. The molecule has 30 heavy (non-hydrogen) atoms. The molecule has 0 aliphatic carbocycles. The highest BCUT2D eigenvalue weighted by Crippen LogP contribution is 2.39.